The molecule has 0 fully saturated rings. The fourth-order valence-corrected chi connectivity index (χ4v) is 1.55. The molecule has 0 heterocycles. The molecule has 0 aromatic heterocycles. The van der Waals surface area contributed by atoms with Crippen LogP contribution in [-0.4, -0.2) is 7.11 Å². The lowest BCUT2D eigenvalue weighted by atomic mass is 10.1. The van der Waals surface area contributed by atoms with E-state index in [0.29, 0.717) is 5.88 Å². The summed E-state index contributed by atoms with van der Waals surface area (Å²) in [5, 5.41) is 0. The molecule has 0 radical (unpaired) electrons. The molecule has 1 aromatic carbocycles. The summed E-state index contributed by atoms with van der Waals surface area (Å²) in [6, 6.07) is 3.96. The van der Waals surface area contributed by atoms with Gasteiger partial charge in [-0.1, -0.05) is 22.0 Å². The van der Waals surface area contributed by atoms with Gasteiger partial charge in [0.05, 0.1) is 13.0 Å². The third-order valence-corrected chi connectivity index (χ3v) is 2.85. The van der Waals surface area contributed by atoms with Crippen LogP contribution < -0.4 is 4.74 Å². The predicted molar refractivity (Wildman–Crippen MR) is 55.0 cm³/mol. The maximum absolute atomic E-state index is 5.74. The molecule has 0 bridgehead atoms. The molecule has 0 spiro atoms. The molecule has 0 atom stereocenters. The summed E-state index contributed by atoms with van der Waals surface area (Å²) in [4.78, 5) is 0. The largest absolute Gasteiger partial charge is 0.496 e. The van der Waals surface area contributed by atoms with E-state index >= 15 is 0 Å². The van der Waals surface area contributed by atoms with Crippen LogP contribution in [0.5, 0.6) is 5.75 Å². The molecular weight excluding hydrogens is 239 g/mol. The Balaban J connectivity index is 3.19. The maximum Gasteiger partial charge on any atom is 0.124 e. The Bertz CT molecular complexity index is 257. The SMILES string of the molecule is COc1cc(Br)c(C)cc1CCl. The van der Waals surface area contributed by atoms with E-state index < -0.39 is 0 Å². The number of rotatable bonds is 2. The van der Waals surface area contributed by atoms with Gasteiger partial charge in [0.1, 0.15) is 5.75 Å². The summed E-state index contributed by atoms with van der Waals surface area (Å²) in [6.45, 7) is 2.03. The van der Waals surface area contributed by atoms with Crippen molar-refractivity contribution >= 4 is 27.5 Å². The van der Waals surface area contributed by atoms with E-state index in [-0.39, 0.29) is 0 Å². The van der Waals surface area contributed by atoms with E-state index in [0.717, 1.165) is 15.8 Å². The fourth-order valence-electron chi connectivity index (χ4n) is 1.02. The standard InChI is InChI=1S/C9H10BrClO/c1-6-3-7(5-11)9(12-2)4-8(6)10/h3-4H,5H2,1-2H3. The summed E-state index contributed by atoms with van der Waals surface area (Å²) in [5.41, 5.74) is 2.20. The van der Waals surface area contributed by atoms with Crippen molar-refractivity contribution in [3.8, 4) is 5.75 Å². The molecule has 0 saturated heterocycles. The van der Waals surface area contributed by atoms with Gasteiger partial charge in [-0.2, -0.15) is 0 Å². The van der Waals surface area contributed by atoms with E-state index in [1.54, 1.807) is 7.11 Å². The zero-order valence-electron chi connectivity index (χ0n) is 7.03. The van der Waals surface area contributed by atoms with Crippen LogP contribution in [0.1, 0.15) is 11.1 Å². The summed E-state index contributed by atoms with van der Waals surface area (Å²) >= 11 is 9.17. The van der Waals surface area contributed by atoms with Crippen LogP contribution in [0.2, 0.25) is 0 Å². The molecule has 1 aromatic rings. The highest BCUT2D eigenvalue weighted by Gasteiger charge is 2.04. The Hall–Kier alpha value is -0.210. The molecule has 66 valence electrons. The number of benzene rings is 1. The quantitative estimate of drug-likeness (QED) is 0.729. The van der Waals surface area contributed by atoms with Gasteiger partial charge in [0, 0.05) is 10.0 Å². The molecule has 0 unspecified atom stereocenters. The van der Waals surface area contributed by atoms with Crippen molar-refractivity contribution in [2.45, 2.75) is 12.8 Å². The molecule has 12 heavy (non-hydrogen) atoms. The lowest BCUT2D eigenvalue weighted by molar-refractivity contribution is 0.411. The van der Waals surface area contributed by atoms with E-state index in [1.807, 2.05) is 19.1 Å². The molecule has 0 aliphatic rings. The van der Waals surface area contributed by atoms with Crippen molar-refractivity contribution in [1.29, 1.82) is 0 Å². The van der Waals surface area contributed by atoms with Gasteiger partial charge in [0.2, 0.25) is 0 Å². The summed E-state index contributed by atoms with van der Waals surface area (Å²) in [7, 11) is 1.65. The molecule has 1 rings (SSSR count). The van der Waals surface area contributed by atoms with Gasteiger partial charge in [-0.3, -0.25) is 0 Å². The van der Waals surface area contributed by atoms with Gasteiger partial charge in [0.15, 0.2) is 0 Å². The Labute approximate surface area is 85.8 Å². The van der Waals surface area contributed by atoms with Crippen LogP contribution in [0.15, 0.2) is 16.6 Å². The predicted octanol–water partition coefficient (Wildman–Crippen LogP) is 3.50. The molecule has 0 aliphatic heterocycles. The van der Waals surface area contributed by atoms with Crippen molar-refractivity contribution in [2.24, 2.45) is 0 Å². The number of aryl methyl sites for hydroxylation is 1. The van der Waals surface area contributed by atoms with Crippen molar-refractivity contribution in [1.82, 2.24) is 0 Å². The maximum atomic E-state index is 5.74. The minimum absolute atomic E-state index is 0.483. The highest BCUT2D eigenvalue weighted by atomic mass is 79.9. The highest BCUT2D eigenvalue weighted by molar-refractivity contribution is 9.10. The zero-order valence-corrected chi connectivity index (χ0v) is 9.37. The second kappa shape index (κ2) is 4.15. The highest BCUT2D eigenvalue weighted by Crippen LogP contribution is 2.27. The van der Waals surface area contributed by atoms with E-state index in [1.165, 1.54) is 5.56 Å². The van der Waals surface area contributed by atoms with E-state index in [2.05, 4.69) is 15.9 Å². The van der Waals surface area contributed by atoms with Crippen LogP contribution in [0.25, 0.3) is 0 Å². The minimum atomic E-state index is 0.483. The second-order valence-electron chi connectivity index (χ2n) is 2.55. The van der Waals surface area contributed by atoms with Gasteiger partial charge < -0.3 is 4.74 Å². The fraction of sp³-hybridized carbons (Fsp3) is 0.333. The summed E-state index contributed by atoms with van der Waals surface area (Å²) in [5.74, 6) is 1.32. The van der Waals surface area contributed by atoms with Crippen molar-refractivity contribution in [2.75, 3.05) is 7.11 Å². The lowest BCUT2D eigenvalue weighted by Gasteiger charge is -2.08. The smallest absolute Gasteiger partial charge is 0.124 e. The topological polar surface area (TPSA) is 9.23 Å². The van der Waals surface area contributed by atoms with Crippen LogP contribution in [-0.2, 0) is 5.88 Å². The summed E-state index contributed by atoms with van der Waals surface area (Å²) < 4.78 is 6.21. The Morgan fingerprint density at radius 3 is 2.67 bits per heavy atom. The minimum Gasteiger partial charge on any atom is -0.496 e. The van der Waals surface area contributed by atoms with Crippen LogP contribution in [0, 0.1) is 6.92 Å². The van der Waals surface area contributed by atoms with Crippen LogP contribution >= 0.6 is 27.5 Å². The first kappa shape index (κ1) is 9.87. The molecule has 0 aliphatic carbocycles. The second-order valence-corrected chi connectivity index (χ2v) is 3.67. The van der Waals surface area contributed by atoms with Gasteiger partial charge in [-0.25, -0.2) is 0 Å². The third-order valence-electron chi connectivity index (χ3n) is 1.71. The summed E-state index contributed by atoms with van der Waals surface area (Å²) in [6.07, 6.45) is 0. The molecule has 0 N–H and O–H groups in total. The molecule has 1 nitrogen and oxygen atoms in total. The molecule has 0 saturated carbocycles. The number of halogens is 2. The van der Waals surface area contributed by atoms with Crippen LogP contribution in [0.3, 0.4) is 0 Å². The average Bonchev–Trinajstić information content (AvgIpc) is 2.09. The number of ether oxygens (including phenoxy) is 1. The first-order valence-corrected chi connectivity index (χ1v) is 4.90. The molecule has 0 amide bonds. The zero-order chi connectivity index (χ0) is 9.14. The van der Waals surface area contributed by atoms with Crippen molar-refractivity contribution in [3.63, 3.8) is 0 Å². The van der Waals surface area contributed by atoms with E-state index in [9.17, 15) is 0 Å². The molecule has 3 heteroatoms. The average molecular weight is 250 g/mol. The van der Waals surface area contributed by atoms with Gasteiger partial charge in [-0.05, 0) is 18.6 Å². The molecular formula is C9H10BrClO. The number of methoxy groups -OCH3 is 1. The Kier molecular flexibility index (Phi) is 3.41. The van der Waals surface area contributed by atoms with Crippen LogP contribution in [0.4, 0.5) is 0 Å². The Morgan fingerprint density at radius 2 is 2.17 bits per heavy atom. The first-order chi connectivity index (χ1) is 5.69. The Morgan fingerprint density at radius 1 is 1.50 bits per heavy atom. The van der Waals surface area contributed by atoms with Gasteiger partial charge in [-0.15, -0.1) is 11.6 Å². The van der Waals surface area contributed by atoms with Gasteiger partial charge >= 0.3 is 0 Å². The number of hydrogen-bond donors (Lipinski definition) is 0. The number of alkyl halides is 1. The van der Waals surface area contributed by atoms with Crippen molar-refractivity contribution in [3.05, 3.63) is 27.7 Å². The monoisotopic (exact) mass is 248 g/mol. The van der Waals surface area contributed by atoms with Gasteiger partial charge in [0.25, 0.3) is 0 Å². The first-order valence-electron chi connectivity index (χ1n) is 3.58. The van der Waals surface area contributed by atoms with E-state index in [4.69, 9.17) is 16.3 Å². The number of hydrogen-bond acceptors (Lipinski definition) is 1. The van der Waals surface area contributed by atoms with Crippen molar-refractivity contribution < 1.29 is 4.74 Å². The third kappa shape index (κ3) is 1.93. The lowest BCUT2D eigenvalue weighted by Crippen LogP contribution is -1.90. The normalized spacial score (nSPS) is 10.0.